The first kappa shape index (κ1) is 13.8. The van der Waals surface area contributed by atoms with Crippen LogP contribution in [0, 0.1) is 24.7 Å². The molecule has 0 spiro atoms. The number of hydrogen-bond donors (Lipinski definition) is 2. The molecule has 2 saturated carbocycles. The molecule has 2 fully saturated rings. The Balaban J connectivity index is 1.52. The normalized spacial score (nSPS) is 28.2. The molecule has 4 atom stereocenters. The zero-order chi connectivity index (χ0) is 15.3. The number of rotatable bonds is 3. The van der Waals surface area contributed by atoms with E-state index < -0.39 is 0 Å². The summed E-state index contributed by atoms with van der Waals surface area (Å²) in [5, 5.41) is 11.3. The van der Waals surface area contributed by atoms with E-state index in [-0.39, 0.29) is 11.9 Å². The minimum Gasteiger partial charge on any atom is -0.348 e. The van der Waals surface area contributed by atoms with Crippen molar-refractivity contribution in [3.05, 3.63) is 29.5 Å². The SMILES string of the molecule is Cc1ccc2[nH]nc(C(=O)NC(C)C3CC4CCC3C4)c2c1. The number of H-pyrrole nitrogens is 1. The van der Waals surface area contributed by atoms with E-state index in [4.69, 9.17) is 0 Å². The van der Waals surface area contributed by atoms with Crippen molar-refractivity contribution in [1.29, 1.82) is 0 Å². The van der Waals surface area contributed by atoms with Gasteiger partial charge in [-0.1, -0.05) is 18.1 Å². The molecule has 2 bridgehead atoms. The zero-order valence-corrected chi connectivity index (χ0v) is 13.2. The molecule has 2 aliphatic rings. The number of amides is 1. The van der Waals surface area contributed by atoms with E-state index in [0.29, 0.717) is 11.6 Å². The molecule has 22 heavy (non-hydrogen) atoms. The van der Waals surface area contributed by atoms with Crippen molar-refractivity contribution in [1.82, 2.24) is 15.5 Å². The predicted octanol–water partition coefficient (Wildman–Crippen LogP) is 3.43. The first-order valence-electron chi connectivity index (χ1n) is 8.37. The van der Waals surface area contributed by atoms with Crippen LogP contribution in [-0.4, -0.2) is 22.1 Å². The highest BCUT2D eigenvalue weighted by atomic mass is 16.2. The maximum Gasteiger partial charge on any atom is 0.272 e. The van der Waals surface area contributed by atoms with Gasteiger partial charge in [-0.25, -0.2) is 0 Å². The smallest absolute Gasteiger partial charge is 0.272 e. The maximum atomic E-state index is 12.6. The standard InChI is InChI=1S/C18H23N3O/c1-10-3-6-16-15(7-10)17(21-20-16)18(22)19-11(2)14-9-12-4-5-13(14)8-12/h3,6-7,11-14H,4-5,8-9H2,1-2H3,(H,19,22)(H,20,21). The highest BCUT2D eigenvalue weighted by Gasteiger charge is 2.42. The van der Waals surface area contributed by atoms with Crippen LogP contribution in [0.15, 0.2) is 18.2 Å². The van der Waals surface area contributed by atoms with E-state index in [1.165, 1.54) is 25.7 Å². The Hall–Kier alpha value is -1.84. The molecular formula is C18H23N3O. The molecule has 4 nitrogen and oxygen atoms in total. The summed E-state index contributed by atoms with van der Waals surface area (Å²) in [6.45, 7) is 4.19. The number of aromatic nitrogens is 2. The van der Waals surface area contributed by atoms with Gasteiger partial charge in [-0.05, 0) is 63.0 Å². The van der Waals surface area contributed by atoms with Crippen LogP contribution in [0.5, 0.6) is 0 Å². The molecule has 2 aliphatic carbocycles. The number of benzene rings is 1. The Morgan fingerprint density at radius 1 is 1.36 bits per heavy atom. The quantitative estimate of drug-likeness (QED) is 0.912. The van der Waals surface area contributed by atoms with Crippen molar-refractivity contribution in [3.8, 4) is 0 Å². The van der Waals surface area contributed by atoms with Gasteiger partial charge in [0.15, 0.2) is 5.69 Å². The Labute approximate surface area is 130 Å². The molecule has 0 radical (unpaired) electrons. The highest BCUT2D eigenvalue weighted by Crippen LogP contribution is 2.49. The number of hydrogen-bond acceptors (Lipinski definition) is 2. The van der Waals surface area contributed by atoms with Crippen LogP contribution in [0.3, 0.4) is 0 Å². The minimum atomic E-state index is -0.0490. The number of carbonyl (C=O) groups excluding carboxylic acids is 1. The fraction of sp³-hybridized carbons (Fsp3) is 0.556. The second kappa shape index (κ2) is 5.11. The molecule has 4 rings (SSSR count). The van der Waals surface area contributed by atoms with Gasteiger partial charge in [-0.2, -0.15) is 5.10 Å². The molecule has 1 amide bonds. The van der Waals surface area contributed by atoms with Crippen molar-refractivity contribution in [2.45, 2.75) is 45.6 Å². The molecule has 1 heterocycles. The molecule has 0 saturated heterocycles. The first-order chi connectivity index (χ1) is 10.6. The van der Waals surface area contributed by atoms with E-state index in [9.17, 15) is 4.79 Å². The van der Waals surface area contributed by atoms with Crippen LogP contribution < -0.4 is 5.32 Å². The molecule has 2 N–H and O–H groups in total. The van der Waals surface area contributed by atoms with Crippen molar-refractivity contribution >= 4 is 16.8 Å². The summed E-state index contributed by atoms with van der Waals surface area (Å²) in [6.07, 6.45) is 5.40. The summed E-state index contributed by atoms with van der Waals surface area (Å²) in [5.74, 6) is 2.32. The molecule has 0 aliphatic heterocycles. The van der Waals surface area contributed by atoms with Gasteiger partial charge < -0.3 is 5.32 Å². The molecule has 2 aromatic rings. The molecule has 4 unspecified atom stereocenters. The van der Waals surface area contributed by atoms with Crippen LogP contribution in [-0.2, 0) is 0 Å². The van der Waals surface area contributed by atoms with Gasteiger partial charge in [0.2, 0.25) is 0 Å². The van der Waals surface area contributed by atoms with E-state index in [2.05, 4.69) is 22.4 Å². The van der Waals surface area contributed by atoms with Gasteiger partial charge in [0, 0.05) is 11.4 Å². The van der Waals surface area contributed by atoms with Gasteiger partial charge >= 0.3 is 0 Å². The Morgan fingerprint density at radius 3 is 2.95 bits per heavy atom. The van der Waals surface area contributed by atoms with Crippen LogP contribution in [0.25, 0.3) is 10.9 Å². The van der Waals surface area contributed by atoms with E-state index in [1.54, 1.807) is 0 Å². The Kier molecular flexibility index (Phi) is 3.21. The second-order valence-electron chi connectivity index (χ2n) is 7.22. The Bertz CT molecular complexity index is 720. The average molecular weight is 297 g/mol. The Morgan fingerprint density at radius 2 is 2.23 bits per heavy atom. The summed E-state index contributed by atoms with van der Waals surface area (Å²) in [4.78, 5) is 12.6. The van der Waals surface area contributed by atoms with Crippen LogP contribution in [0.4, 0.5) is 0 Å². The summed E-state index contributed by atoms with van der Waals surface area (Å²) >= 11 is 0. The topological polar surface area (TPSA) is 57.8 Å². The van der Waals surface area contributed by atoms with Gasteiger partial charge in [-0.3, -0.25) is 9.89 Å². The third kappa shape index (κ3) is 2.21. The van der Waals surface area contributed by atoms with E-state index in [0.717, 1.165) is 28.3 Å². The largest absolute Gasteiger partial charge is 0.348 e. The molecule has 1 aromatic heterocycles. The van der Waals surface area contributed by atoms with Crippen LogP contribution in [0.1, 0.15) is 48.7 Å². The lowest BCUT2D eigenvalue weighted by atomic mass is 9.84. The predicted molar refractivity (Wildman–Crippen MR) is 86.7 cm³/mol. The third-order valence-electron chi connectivity index (χ3n) is 5.73. The van der Waals surface area contributed by atoms with Crippen molar-refractivity contribution in [2.24, 2.45) is 17.8 Å². The fourth-order valence-electron chi connectivity index (χ4n) is 4.59. The van der Waals surface area contributed by atoms with E-state index in [1.807, 2.05) is 25.1 Å². The number of aromatic amines is 1. The van der Waals surface area contributed by atoms with Crippen molar-refractivity contribution in [2.75, 3.05) is 0 Å². The molecular weight excluding hydrogens is 274 g/mol. The maximum absolute atomic E-state index is 12.6. The number of carbonyl (C=O) groups is 1. The number of nitrogens with one attached hydrogen (secondary N) is 2. The average Bonchev–Trinajstić information content (AvgIpc) is 3.21. The fourth-order valence-corrected chi connectivity index (χ4v) is 4.59. The monoisotopic (exact) mass is 297 g/mol. The van der Waals surface area contributed by atoms with Gasteiger partial charge in [-0.15, -0.1) is 0 Å². The zero-order valence-electron chi connectivity index (χ0n) is 13.2. The number of nitrogens with zero attached hydrogens (tertiary/aromatic N) is 1. The summed E-state index contributed by atoms with van der Waals surface area (Å²) in [7, 11) is 0. The second-order valence-corrected chi connectivity index (χ2v) is 7.22. The summed E-state index contributed by atoms with van der Waals surface area (Å²) in [6, 6.07) is 6.27. The van der Waals surface area contributed by atoms with E-state index >= 15 is 0 Å². The van der Waals surface area contributed by atoms with Crippen molar-refractivity contribution in [3.63, 3.8) is 0 Å². The van der Waals surface area contributed by atoms with Crippen LogP contribution in [0.2, 0.25) is 0 Å². The minimum absolute atomic E-state index is 0.0490. The first-order valence-corrected chi connectivity index (χ1v) is 8.37. The lowest BCUT2D eigenvalue weighted by Gasteiger charge is -2.28. The summed E-state index contributed by atoms with van der Waals surface area (Å²) < 4.78 is 0. The van der Waals surface area contributed by atoms with Gasteiger partial charge in [0.1, 0.15) is 0 Å². The van der Waals surface area contributed by atoms with Gasteiger partial charge in [0.25, 0.3) is 5.91 Å². The van der Waals surface area contributed by atoms with Crippen LogP contribution >= 0.6 is 0 Å². The molecule has 4 heteroatoms. The lowest BCUT2D eigenvalue weighted by molar-refractivity contribution is 0.0912. The van der Waals surface area contributed by atoms with Gasteiger partial charge in [0.05, 0.1) is 5.52 Å². The molecule has 1 aromatic carbocycles. The third-order valence-corrected chi connectivity index (χ3v) is 5.73. The lowest BCUT2D eigenvalue weighted by Crippen LogP contribution is -2.40. The molecule has 116 valence electrons. The summed E-state index contributed by atoms with van der Waals surface area (Å²) in [5.41, 5.74) is 2.58. The number of fused-ring (bicyclic) bond motifs is 3. The van der Waals surface area contributed by atoms with Crippen molar-refractivity contribution < 1.29 is 4.79 Å². The highest BCUT2D eigenvalue weighted by molar-refractivity contribution is 6.04. The number of aryl methyl sites for hydroxylation is 1.